The highest BCUT2D eigenvalue weighted by molar-refractivity contribution is 4.97. The number of piperidine rings is 1. The standard InChI is InChI=1S/C11H19N3O/c1-3-8(2)10-13-11(15-14-10)9-6-4-5-7-12-9/h8-9,12H,3-7H2,1-2H3/t8-,9+/m1/s1. The molecule has 0 radical (unpaired) electrons. The van der Waals surface area contributed by atoms with E-state index in [1.165, 1.54) is 12.8 Å². The lowest BCUT2D eigenvalue weighted by molar-refractivity contribution is 0.295. The second-order valence-electron chi connectivity index (χ2n) is 4.30. The normalized spacial score (nSPS) is 24.0. The molecule has 1 aliphatic heterocycles. The summed E-state index contributed by atoms with van der Waals surface area (Å²) in [5.41, 5.74) is 0. The van der Waals surface area contributed by atoms with Crippen molar-refractivity contribution in [3.8, 4) is 0 Å². The van der Waals surface area contributed by atoms with Crippen LogP contribution in [0.2, 0.25) is 0 Å². The van der Waals surface area contributed by atoms with Crippen molar-refractivity contribution in [2.45, 2.75) is 51.5 Å². The molecule has 0 amide bonds. The number of hydrogen-bond donors (Lipinski definition) is 1. The summed E-state index contributed by atoms with van der Waals surface area (Å²) in [6.07, 6.45) is 4.67. The first kappa shape index (κ1) is 10.6. The van der Waals surface area contributed by atoms with Crippen molar-refractivity contribution in [2.24, 2.45) is 0 Å². The highest BCUT2D eigenvalue weighted by Gasteiger charge is 2.21. The highest BCUT2D eigenvalue weighted by atomic mass is 16.5. The minimum absolute atomic E-state index is 0.282. The molecule has 0 aromatic carbocycles. The van der Waals surface area contributed by atoms with Crippen molar-refractivity contribution >= 4 is 0 Å². The molecule has 2 heterocycles. The molecular weight excluding hydrogens is 190 g/mol. The van der Waals surface area contributed by atoms with E-state index in [9.17, 15) is 0 Å². The Bertz CT molecular complexity index is 305. The van der Waals surface area contributed by atoms with Gasteiger partial charge in [-0.25, -0.2) is 0 Å². The Kier molecular flexibility index (Phi) is 3.36. The molecule has 4 heteroatoms. The van der Waals surface area contributed by atoms with Gasteiger partial charge in [0.15, 0.2) is 5.82 Å². The van der Waals surface area contributed by atoms with E-state index in [1.807, 2.05) is 0 Å². The molecule has 1 aliphatic rings. The van der Waals surface area contributed by atoms with Crippen molar-refractivity contribution in [2.75, 3.05) is 6.54 Å². The molecule has 0 unspecified atom stereocenters. The maximum atomic E-state index is 5.30. The fourth-order valence-corrected chi connectivity index (χ4v) is 1.83. The minimum atomic E-state index is 0.282. The molecule has 15 heavy (non-hydrogen) atoms. The van der Waals surface area contributed by atoms with E-state index in [-0.39, 0.29) is 6.04 Å². The van der Waals surface area contributed by atoms with Gasteiger partial charge in [0.1, 0.15) is 0 Å². The van der Waals surface area contributed by atoms with E-state index in [1.54, 1.807) is 0 Å². The van der Waals surface area contributed by atoms with Gasteiger partial charge in [-0.2, -0.15) is 4.98 Å². The average molecular weight is 209 g/mol. The number of aromatic nitrogens is 2. The zero-order valence-corrected chi connectivity index (χ0v) is 9.49. The van der Waals surface area contributed by atoms with E-state index < -0.39 is 0 Å². The van der Waals surface area contributed by atoms with Crippen LogP contribution in [-0.4, -0.2) is 16.7 Å². The van der Waals surface area contributed by atoms with E-state index in [0.29, 0.717) is 5.92 Å². The van der Waals surface area contributed by atoms with E-state index in [4.69, 9.17) is 4.52 Å². The topological polar surface area (TPSA) is 51.0 Å². The predicted octanol–water partition coefficient (Wildman–Crippen LogP) is 2.40. The average Bonchev–Trinajstić information content (AvgIpc) is 2.78. The lowest BCUT2D eigenvalue weighted by atomic mass is 10.1. The van der Waals surface area contributed by atoms with Gasteiger partial charge in [-0.15, -0.1) is 0 Å². The zero-order chi connectivity index (χ0) is 10.7. The maximum Gasteiger partial charge on any atom is 0.243 e. The lowest BCUT2D eigenvalue weighted by Crippen LogP contribution is -2.27. The third-order valence-electron chi connectivity index (χ3n) is 3.12. The molecular formula is C11H19N3O. The van der Waals surface area contributed by atoms with Crippen LogP contribution in [0.3, 0.4) is 0 Å². The molecule has 1 aromatic heterocycles. The molecule has 4 nitrogen and oxygen atoms in total. The highest BCUT2D eigenvalue weighted by Crippen LogP contribution is 2.23. The summed E-state index contributed by atoms with van der Waals surface area (Å²) in [6.45, 7) is 5.33. The molecule has 0 bridgehead atoms. The van der Waals surface area contributed by atoms with E-state index in [0.717, 1.165) is 31.1 Å². The summed E-state index contributed by atoms with van der Waals surface area (Å²) in [4.78, 5) is 4.46. The zero-order valence-electron chi connectivity index (χ0n) is 9.49. The van der Waals surface area contributed by atoms with Crippen LogP contribution < -0.4 is 5.32 Å². The Balaban J connectivity index is 2.05. The molecule has 2 rings (SSSR count). The molecule has 1 N–H and O–H groups in total. The number of hydrogen-bond acceptors (Lipinski definition) is 4. The molecule has 1 saturated heterocycles. The van der Waals surface area contributed by atoms with Gasteiger partial charge >= 0.3 is 0 Å². The van der Waals surface area contributed by atoms with Crippen molar-refractivity contribution in [3.63, 3.8) is 0 Å². The molecule has 0 aliphatic carbocycles. The Morgan fingerprint density at radius 2 is 2.40 bits per heavy atom. The van der Waals surface area contributed by atoms with Crippen LogP contribution in [-0.2, 0) is 0 Å². The number of rotatable bonds is 3. The van der Waals surface area contributed by atoms with Gasteiger partial charge in [-0.1, -0.05) is 25.4 Å². The van der Waals surface area contributed by atoms with Crippen LogP contribution in [0.15, 0.2) is 4.52 Å². The predicted molar refractivity (Wildman–Crippen MR) is 57.6 cm³/mol. The van der Waals surface area contributed by atoms with Gasteiger partial charge in [0.25, 0.3) is 0 Å². The summed E-state index contributed by atoms with van der Waals surface area (Å²) < 4.78 is 5.30. The second kappa shape index (κ2) is 4.75. The molecule has 0 spiro atoms. The van der Waals surface area contributed by atoms with Crippen LogP contribution >= 0.6 is 0 Å². The molecule has 84 valence electrons. The van der Waals surface area contributed by atoms with Gasteiger partial charge in [0.2, 0.25) is 5.89 Å². The minimum Gasteiger partial charge on any atom is -0.338 e. The Morgan fingerprint density at radius 3 is 3.07 bits per heavy atom. The van der Waals surface area contributed by atoms with Crippen LogP contribution in [0.4, 0.5) is 0 Å². The van der Waals surface area contributed by atoms with E-state index >= 15 is 0 Å². The van der Waals surface area contributed by atoms with Gasteiger partial charge < -0.3 is 9.84 Å². The summed E-state index contributed by atoms with van der Waals surface area (Å²) >= 11 is 0. The Morgan fingerprint density at radius 1 is 1.53 bits per heavy atom. The van der Waals surface area contributed by atoms with Gasteiger partial charge in [-0.3, -0.25) is 0 Å². The first-order chi connectivity index (χ1) is 7.31. The van der Waals surface area contributed by atoms with Crippen molar-refractivity contribution in [1.29, 1.82) is 0 Å². The monoisotopic (exact) mass is 209 g/mol. The van der Waals surface area contributed by atoms with Gasteiger partial charge in [0.05, 0.1) is 6.04 Å². The first-order valence-corrected chi connectivity index (χ1v) is 5.88. The summed E-state index contributed by atoms with van der Waals surface area (Å²) in [5, 5.41) is 7.45. The Hall–Kier alpha value is -0.900. The lowest BCUT2D eigenvalue weighted by Gasteiger charge is -2.19. The summed E-state index contributed by atoms with van der Waals surface area (Å²) in [6, 6.07) is 0.282. The van der Waals surface area contributed by atoms with Crippen LogP contribution in [0.1, 0.15) is 63.2 Å². The Labute approximate surface area is 90.4 Å². The SMILES string of the molecule is CC[C@@H](C)c1noc([C@@H]2CCCCN2)n1. The molecule has 0 saturated carbocycles. The summed E-state index contributed by atoms with van der Waals surface area (Å²) in [5.74, 6) is 2.01. The van der Waals surface area contributed by atoms with Crippen LogP contribution in [0.25, 0.3) is 0 Å². The second-order valence-corrected chi connectivity index (χ2v) is 4.30. The fourth-order valence-electron chi connectivity index (χ4n) is 1.83. The number of nitrogens with one attached hydrogen (secondary N) is 1. The van der Waals surface area contributed by atoms with Crippen molar-refractivity contribution in [1.82, 2.24) is 15.5 Å². The third-order valence-corrected chi connectivity index (χ3v) is 3.12. The molecule has 2 atom stereocenters. The maximum absolute atomic E-state index is 5.30. The van der Waals surface area contributed by atoms with Gasteiger partial charge in [0, 0.05) is 5.92 Å². The smallest absolute Gasteiger partial charge is 0.243 e. The van der Waals surface area contributed by atoms with Crippen LogP contribution in [0, 0.1) is 0 Å². The molecule has 1 fully saturated rings. The quantitative estimate of drug-likeness (QED) is 0.830. The summed E-state index contributed by atoms with van der Waals surface area (Å²) in [7, 11) is 0. The van der Waals surface area contributed by atoms with Crippen molar-refractivity contribution in [3.05, 3.63) is 11.7 Å². The van der Waals surface area contributed by atoms with Crippen molar-refractivity contribution < 1.29 is 4.52 Å². The fraction of sp³-hybridized carbons (Fsp3) is 0.818. The van der Waals surface area contributed by atoms with E-state index in [2.05, 4.69) is 29.3 Å². The van der Waals surface area contributed by atoms with Gasteiger partial charge in [-0.05, 0) is 25.8 Å². The van der Waals surface area contributed by atoms with Crippen LogP contribution in [0.5, 0.6) is 0 Å². The first-order valence-electron chi connectivity index (χ1n) is 5.88. The largest absolute Gasteiger partial charge is 0.338 e. The number of nitrogens with zero attached hydrogens (tertiary/aromatic N) is 2. The molecule has 1 aromatic rings. The third kappa shape index (κ3) is 2.37.